The van der Waals surface area contributed by atoms with Crippen molar-refractivity contribution in [3.05, 3.63) is 35.6 Å². The van der Waals surface area contributed by atoms with Gasteiger partial charge in [0, 0.05) is 18.6 Å². The minimum absolute atomic E-state index is 0.0378. The van der Waals surface area contributed by atoms with Crippen molar-refractivity contribution in [3.63, 3.8) is 0 Å². The van der Waals surface area contributed by atoms with Crippen molar-refractivity contribution in [2.24, 2.45) is 5.92 Å². The molecule has 0 aliphatic rings. The van der Waals surface area contributed by atoms with Crippen LogP contribution in [0, 0.1) is 11.7 Å². The summed E-state index contributed by atoms with van der Waals surface area (Å²) in [4.78, 5) is 11.8. The zero-order valence-electron chi connectivity index (χ0n) is 11.3. The third kappa shape index (κ3) is 4.96. The fourth-order valence-electron chi connectivity index (χ4n) is 1.47. The van der Waals surface area contributed by atoms with Gasteiger partial charge in [0.1, 0.15) is 5.82 Å². The fraction of sp³-hybridized carbons (Fsp3) is 0.533. The number of rotatable bonds is 7. The predicted molar refractivity (Wildman–Crippen MR) is 70.2 cm³/mol. The second-order valence-electron chi connectivity index (χ2n) is 4.85. The molecular formula is C15H21FO2. The van der Waals surface area contributed by atoms with Crippen LogP contribution in [0.25, 0.3) is 0 Å². The van der Waals surface area contributed by atoms with Gasteiger partial charge in [-0.05, 0) is 43.5 Å². The van der Waals surface area contributed by atoms with Crippen molar-refractivity contribution in [3.8, 4) is 0 Å². The largest absolute Gasteiger partial charge is 0.378 e. The Morgan fingerprint density at radius 2 is 1.83 bits per heavy atom. The quantitative estimate of drug-likeness (QED) is 0.544. The van der Waals surface area contributed by atoms with Crippen LogP contribution in [0.1, 0.15) is 44.0 Å². The molecule has 2 nitrogen and oxygen atoms in total. The van der Waals surface area contributed by atoms with Gasteiger partial charge in [-0.2, -0.15) is 0 Å². The summed E-state index contributed by atoms with van der Waals surface area (Å²) in [5.41, 5.74) is 0.563. The third-order valence-corrected chi connectivity index (χ3v) is 3.03. The van der Waals surface area contributed by atoms with E-state index in [0.717, 1.165) is 0 Å². The van der Waals surface area contributed by atoms with Gasteiger partial charge >= 0.3 is 0 Å². The number of ketones is 1. The molecule has 0 radical (unpaired) electrons. The van der Waals surface area contributed by atoms with E-state index in [1.54, 1.807) is 0 Å². The molecule has 0 heterocycles. The van der Waals surface area contributed by atoms with Gasteiger partial charge in [-0.1, -0.05) is 13.8 Å². The van der Waals surface area contributed by atoms with E-state index < -0.39 is 0 Å². The predicted octanol–water partition coefficient (Wildman–Crippen LogP) is 3.85. The first-order valence-corrected chi connectivity index (χ1v) is 6.41. The van der Waals surface area contributed by atoms with E-state index in [2.05, 4.69) is 13.8 Å². The van der Waals surface area contributed by atoms with Gasteiger partial charge in [-0.15, -0.1) is 0 Å². The normalized spacial score (nSPS) is 12.7. The first kappa shape index (κ1) is 14.8. The number of Topliss-reactive ketones (excluding diaryl/α,β-unsaturated/α-hetero) is 1. The Bertz CT molecular complexity index is 371. The average molecular weight is 252 g/mol. The number of hydrogen-bond donors (Lipinski definition) is 0. The van der Waals surface area contributed by atoms with E-state index in [1.807, 2.05) is 6.92 Å². The van der Waals surface area contributed by atoms with Gasteiger partial charge in [0.15, 0.2) is 5.78 Å². The first-order valence-electron chi connectivity index (χ1n) is 6.41. The van der Waals surface area contributed by atoms with Crippen molar-refractivity contribution in [1.29, 1.82) is 0 Å². The molecule has 3 heteroatoms. The monoisotopic (exact) mass is 252 g/mol. The van der Waals surface area contributed by atoms with E-state index in [9.17, 15) is 9.18 Å². The van der Waals surface area contributed by atoms with Crippen LogP contribution in [0.2, 0.25) is 0 Å². The second-order valence-corrected chi connectivity index (χ2v) is 4.85. The number of carbonyl (C=O) groups excluding carboxylic acids is 1. The molecule has 1 unspecified atom stereocenters. The number of carbonyl (C=O) groups is 1. The highest BCUT2D eigenvalue weighted by Gasteiger charge is 2.08. The van der Waals surface area contributed by atoms with Crippen LogP contribution in [0.5, 0.6) is 0 Å². The van der Waals surface area contributed by atoms with Crippen LogP contribution >= 0.6 is 0 Å². The maximum absolute atomic E-state index is 12.7. The first-order chi connectivity index (χ1) is 8.50. The molecule has 0 amide bonds. The minimum atomic E-state index is -0.319. The Morgan fingerprint density at radius 1 is 1.22 bits per heavy atom. The van der Waals surface area contributed by atoms with Crippen LogP contribution in [-0.2, 0) is 4.74 Å². The van der Waals surface area contributed by atoms with Crippen molar-refractivity contribution >= 4 is 5.78 Å². The van der Waals surface area contributed by atoms with Gasteiger partial charge in [-0.3, -0.25) is 4.79 Å². The molecule has 1 atom stereocenters. The SMILES string of the molecule is CC(C)C(C)OCCCC(=O)c1ccc(F)cc1. The molecule has 1 aromatic rings. The van der Waals surface area contributed by atoms with Crippen LogP contribution in [0.4, 0.5) is 4.39 Å². The van der Waals surface area contributed by atoms with Crippen molar-refractivity contribution < 1.29 is 13.9 Å². The summed E-state index contributed by atoms with van der Waals surface area (Å²) in [6, 6.07) is 5.67. The summed E-state index contributed by atoms with van der Waals surface area (Å²) in [5.74, 6) is 0.203. The molecular weight excluding hydrogens is 231 g/mol. The number of hydrogen-bond acceptors (Lipinski definition) is 2. The molecule has 0 fully saturated rings. The Kier molecular flexibility index (Phi) is 5.99. The lowest BCUT2D eigenvalue weighted by Gasteiger charge is -2.16. The molecule has 0 spiro atoms. The highest BCUT2D eigenvalue weighted by molar-refractivity contribution is 5.95. The molecule has 1 aromatic carbocycles. The van der Waals surface area contributed by atoms with Gasteiger partial charge in [0.05, 0.1) is 6.10 Å². The summed E-state index contributed by atoms with van der Waals surface area (Å²) in [6.07, 6.45) is 1.36. The molecule has 100 valence electrons. The molecule has 0 saturated heterocycles. The van der Waals surface area contributed by atoms with Crippen molar-refractivity contribution in [2.75, 3.05) is 6.61 Å². The molecule has 0 aromatic heterocycles. The zero-order chi connectivity index (χ0) is 13.5. The maximum Gasteiger partial charge on any atom is 0.162 e. The minimum Gasteiger partial charge on any atom is -0.378 e. The lowest BCUT2D eigenvalue weighted by molar-refractivity contribution is 0.0331. The van der Waals surface area contributed by atoms with Gasteiger partial charge in [0.25, 0.3) is 0 Å². The fourth-order valence-corrected chi connectivity index (χ4v) is 1.47. The smallest absolute Gasteiger partial charge is 0.162 e. The molecule has 0 bridgehead atoms. The van der Waals surface area contributed by atoms with Gasteiger partial charge in [0.2, 0.25) is 0 Å². The topological polar surface area (TPSA) is 26.3 Å². The Labute approximate surface area is 108 Å². The zero-order valence-corrected chi connectivity index (χ0v) is 11.3. The van der Waals surface area contributed by atoms with Crippen molar-refractivity contribution in [2.45, 2.75) is 39.7 Å². The number of benzene rings is 1. The molecule has 18 heavy (non-hydrogen) atoms. The molecule has 1 rings (SSSR count). The van der Waals surface area contributed by atoms with E-state index >= 15 is 0 Å². The summed E-state index contributed by atoms with van der Waals surface area (Å²) >= 11 is 0. The lowest BCUT2D eigenvalue weighted by atomic mass is 10.1. The Morgan fingerprint density at radius 3 is 2.39 bits per heavy atom. The van der Waals surface area contributed by atoms with E-state index in [1.165, 1.54) is 24.3 Å². The standard InChI is InChI=1S/C15H21FO2/c1-11(2)12(3)18-10-4-5-15(17)13-6-8-14(16)9-7-13/h6-9,11-12H,4-5,10H2,1-3H3. The second kappa shape index (κ2) is 7.27. The molecule has 0 N–H and O–H groups in total. The Balaban J connectivity index is 2.27. The summed E-state index contributed by atoms with van der Waals surface area (Å²) in [7, 11) is 0. The highest BCUT2D eigenvalue weighted by Crippen LogP contribution is 2.09. The number of halogens is 1. The van der Waals surface area contributed by atoms with E-state index in [-0.39, 0.29) is 17.7 Å². The maximum atomic E-state index is 12.7. The molecule has 0 saturated carbocycles. The Hall–Kier alpha value is -1.22. The van der Waals surface area contributed by atoms with Crippen LogP contribution in [-0.4, -0.2) is 18.5 Å². The van der Waals surface area contributed by atoms with Crippen molar-refractivity contribution in [1.82, 2.24) is 0 Å². The molecule has 0 aliphatic carbocycles. The van der Waals surface area contributed by atoms with Gasteiger partial charge in [-0.25, -0.2) is 4.39 Å². The van der Waals surface area contributed by atoms with E-state index in [4.69, 9.17) is 4.74 Å². The van der Waals surface area contributed by atoms with Crippen LogP contribution in [0.3, 0.4) is 0 Å². The average Bonchev–Trinajstić information content (AvgIpc) is 2.34. The van der Waals surface area contributed by atoms with Crippen LogP contribution < -0.4 is 0 Å². The number of ether oxygens (including phenoxy) is 1. The lowest BCUT2D eigenvalue weighted by Crippen LogP contribution is -2.16. The highest BCUT2D eigenvalue weighted by atomic mass is 19.1. The van der Waals surface area contributed by atoms with E-state index in [0.29, 0.717) is 30.9 Å². The van der Waals surface area contributed by atoms with Crippen LogP contribution in [0.15, 0.2) is 24.3 Å². The summed E-state index contributed by atoms with van der Waals surface area (Å²) in [5, 5.41) is 0. The van der Waals surface area contributed by atoms with Gasteiger partial charge < -0.3 is 4.74 Å². The third-order valence-electron chi connectivity index (χ3n) is 3.03. The summed E-state index contributed by atoms with van der Waals surface area (Å²) in [6.45, 7) is 6.83. The molecule has 0 aliphatic heterocycles. The summed E-state index contributed by atoms with van der Waals surface area (Å²) < 4.78 is 18.3.